The molecular formula is C10H13NO4. The lowest BCUT2D eigenvalue weighted by atomic mass is 10.2. The van der Waals surface area contributed by atoms with Crippen molar-refractivity contribution in [2.24, 2.45) is 0 Å². The summed E-state index contributed by atoms with van der Waals surface area (Å²) in [6.45, 7) is 0. The summed E-state index contributed by atoms with van der Waals surface area (Å²) >= 11 is 0. The fourth-order valence-electron chi connectivity index (χ4n) is 1.21. The van der Waals surface area contributed by atoms with E-state index < -0.39 is 12.3 Å². The van der Waals surface area contributed by atoms with Crippen molar-refractivity contribution in [3.8, 4) is 0 Å². The van der Waals surface area contributed by atoms with E-state index in [0.29, 0.717) is 11.3 Å². The molecule has 0 aliphatic rings. The van der Waals surface area contributed by atoms with Crippen LogP contribution in [0.1, 0.15) is 22.3 Å². The molecule has 0 spiro atoms. The van der Waals surface area contributed by atoms with Crippen LogP contribution in [0, 0.1) is 0 Å². The van der Waals surface area contributed by atoms with Gasteiger partial charge in [-0.15, -0.1) is 0 Å². The summed E-state index contributed by atoms with van der Waals surface area (Å²) in [4.78, 5) is 15.4. The van der Waals surface area contributed by atoms with Gasteiger partial charge >= 0.3 is 5.97 Å². The number of carbonyl (C=O) groups excluding carboxylic acids is 1. The summed E-state index contributed by atoms with van der Waals surface area (Å²) in [6, 6.07) is 3.26. The van der Waals surface area contributed by atoms with E-state index in [4.69, 9.17) is 9.47 Å². The van der Waals surface area contributed by atoms with Gasteiger partial charge in [-0.05, 0) is 12.1 Å². The molecule has 5 heteroatoms. The Morgan fingerprint density at radius 1 is 1.33 bits per heavy atom. The molecule has 1 aromatic heterocycles. The van der Waals surface area contributed by atoms with Gasteiger partial charge in [0, 0.05) is 20.4 Å². The molecule has 0 saturated carbocycles. The zero-order chi connectivity index (χ0) is 11.3. The molecule has 0 fully saturated rings. The van der Waals surface area contributed by atoms with Gasteiger partial charge in [0.05, 0.1) is 12.7 Å². The predicted molar refractivity (Wildman–Crippen MR) is 52.3 cm³/mol. The fraction of sp³-hybridized carbons (Fsp3) is 0.400. The minimum absolute atomic E-state index is 0.341. The second-order valence-corrected chi connectivity index (χ2v) is 2.73. The van der Waals surface area contributed by atoms with E-state index in [1.54, 1.807) is 18.3 Å². The number of aromatic nitrogens is 1. The van der Waals surface area contributed by atoms with Gasteiger partial charge in [-0.2, -0.15) is 0 Å². The molecule has 0 amide bonds. The molecule has 0 aromatic carbocycles. The maximum atomic E-state index is 11.4. The summed E-state index contributed by atoms with van der Waals surface area (Å²) < 4.78 is 14.7. The predicted octanol–water partition coefficient (Wildman–Crippen LogP) is 1.16. The van der Waals surface area contributed by atoms with Gasteiger partial charge in [0.15, 0.2) is 0 Å². The molecule has 0 atom stereocenters. The van der Waals surface area contributed by atoms with Crippen molar-refractivity contribution in [3.63, 3.8) is 0 Å². The van der Waals surface area contributed by atoms with Crippen LogP contribution >= 0.6 is 0 Å². The molecule has 5 nitrogen and oxygen atoms in total. The summed E-state index contributed by atoms with van der Waals surface area (Å²) in [5.41, 5.74) is 0.753. The second kappa shape index (κ2) is 5.43. The van der Waals surface area contributed by atoms with Gasteiger partial charge in [-0.25, -0.2) is 4.79 Å². The number of methoxy groups -OCH3 is 3. The fourth-order valence-corrected chi connectivity index (χ4v) is 1.21. The van der Waals surface area contributed by atoms with Crippen LogP contribution in [-0.4, -0.2) is 32.3 Å². The van der Waals surface area contributed by atoms with Crippen molar-refractivity contribution in [2.45, 2.75) is 6.29 Å². The van der Waals surface area contributed by atoms with Crippen LogP contribution < -0.4 is 0 Å². The molecule has 0 aliphatic carbocycles. The third-order valence-corrected chi connectivity index (χ3v) is 1.90. The van der Waals surface area contributed by atoms with Gasteiger partial charge in [0.2, 0.25) is 6.29 Å². The van der Waals surface area contributed by atoms with Crippen molar-refractivity contribution >= 4 is 5.97 Å². The van der Waals surface area contributed by atoms with Crippen molar-refractivity contribution in [1.29, 1.82) is 0 Å². The quantitative estimate of drug-likeness (QED) is 0.552. The highest BCUT2D eigenvalue weighted by Gasteiger charge is 2.20. The second-order valence-electron chi connectivity index (χ2n) is 2.73. The Balaban J connectivity index is 3.10. The topological polar surface area (TPSA) is 57.7 Å². The third kappa shape index (κ3) is 2.51. The molecule has 1 aromatic rings. The third-order valence-electron chi connectivity index (χ3n) is 1.90. The first-order valence-electron chi connectivity index (χ1n) is 4.33. The lowest BCUT2D eigenvalue weighted by molar-refractivity contribution is -0.109. The number of carbonyl (C=O) groups is 1. The minimum Gasteiger partial charge on any atom is -0.465 e. The zero-order valence-corrected chi connectivity index (χ0v) is 8.89. The average molecular weight is 211 g/mol. The van der Waals surface area contributed by atoms with Gasteiger partial charge in [0.25, 0.3) is 0 Å². The van der Waals surface area contributed by atoms with Crippen LogP contribution in [0.4, 0.5) is 0 Å². The Hall–Kier alpha value is -1.46. The monoisotopic (exact) mass is 211 g/mol. The SMILES string of the molecule is COC(=O)c1cccnc1C(OC)OC. The molecule has 82 valence electrons. The highest BCUT2D eigenvalue weighted by atomic mass is 16.7. The summed E-state index contributed by atoms with van der Waals surface area (Å²) in [7, 11) is 4.27. The van der Waals surface area contributed by atoms with E-state index in [2.05, 4.69) is 9.72 Å². The summed E-state index contributed by atoms with van der Waals surface area (Å²) in [5.74, 6) is -0.461. The van der Waals surface area contributed by atoms with Crippen LogP contribution in [0.2, 0.25) is 0 Å². The first kappa shape index (κ1) is 11.6. The van der Waals surface area contributed by atoms with E-state index >= 15 is 0 Å². The van der Waals surface area contributed by atoms with Crippen molar-refractivity contribution in [2.75, 3.05) is 21.3 Å². The Kier molecular flexibility index (Phi) is 4.20. The van der Waals surface area contributed by atoms with E-state index in [0.717, 1.165) is 0 Å². The zero-order valence-electron chi connectivity index (χ0n) is 8.89. The number of pyridine rings is 1. The number of hydrogen-bond acceptors (Lipinski definition) is 5. The van der Waals surface area contributed by atoms with Gasteiger partial charge in [-0.3, -0.25) is 4.98 Å². The number of ether oxygens (including phenoxy) is 3. The van der Waals surface area contributed by atoms with E-state index in [9.17, 15) is 4.79 Å². The number of hydrogen-bond donors (Lipinski definition) is 0. The summed E-state index contributed by atoms with van der Waals surface area (Å²) in [6.07, 6.45) is 0.896. The Morgan fingerprint density at radius 3 is 2.53 bits per heavy atom. The van der Waals surface area contributed by atoms with Crippen LogP contribution in [-0.2, 0) is 14.2 Å². The van der Waals surface area contributed by atoms with Gasteiger partial charge in [0.1, 0.15) is 5.69 Å². The molecule has 1 rings (SSSR count). The van der Waals surface area contributed by atoms with E-state index in [1.165, 1.54) is 21.3 Å². The van der Waals surface area contributed by atoms with E-state index in [-0.39, 0.29) is 0 Å². The van der Waals surface area contributed by atoms with Crippen molar-refractivity contribution in [3.05, 3.63) is 29.6 Å². The standard InChI is InChI=1S/C10H13NO4/c1-13-9(12)7-5-4-6-11-8(7)10(14-2)15-3/h4-6,10H,1-3H3. The molecule has 0 unspecified atom stereocenters. The lowest BCUT2D eigenvalue weighted by Gasteiger charge is -2.14. The molecular weight excluding hydrogens is 198 g/mol. The van der Waals surface area contributed by atoms with Crippen LogP contribution in [0.25, 0.3) is 0 Å². The molecule has 0 saturated heterocycles. The Bertz CT molecular complexity index is 336. The smallest absolute Gasteiger partial charge is 0.339 e. The largest absolute Gasteiger partial charge is 0.465 e. The highest BCUT2D eigenvalue weighted by molar-refractivity contribution is 5.90. The number of esters is 1. The average Bonchev–Trinajstić information content (AvgIpc) is 2.30. The van der Waals surface area contributed by atoms with Crippen LogP contribution in [0.3, 0.4) is 0 Å². The van der Waals surface area contributed by atoms with Gasteiger partial charge in [-0.1, -0.05) is 0 Å². The van der Waals surface area contributed by atoms with Crippen molar-refractivity contribution in [1.82, 2.24) is 4.98 Å². The number of rotatable bonds is 4. The molecule has 0 radical (unpaired) electrons. The maximum Gasteiger partial charge on any atom is 0.339 e. The Morgan fingerprint density at radius 2 is 2.00 bits per heavy atom. The normalized spacial score (nSPS) is 10.4. The molecule has 0 aliphatic heterocycles. The molecule has 15 heavy (non-hydrogen) atoms. The lowest BCUT2D eigenvalue weighted by Crippen LogP contribution is -2.13. The summed E-state index contributed by atoms with van der Waals surface area (Å²) in [5, 5.41) is 0. The van der Waals surface area contributed by atoms with Crippen LogP contribution in [0.15, 0.2) is 18.3 Å². The highest BCUT2D eigenvalue weighted by Crippen LogP contribution is 2.19. The van der Waals surface area contributed by atoms with Crippen LogP contribution in [0.5, 0.6) is 0 Å². The minimum atomic E-state index is -0.666. The molecule has 0 N–H and O–H groups in total. The molecule has 1 heterocycles. The molecule has 0 bridgehead atoms. The maximum absolute atomic E-state index is 11.4. The van der Waals surface area contributed by atoms with E-state index in [1.807, 2.05) is 0 Å². The first-order valence-corrected chi connectivity index (χ1v) is 4.33. The first-order chi connectivity index (χ1) is 7.24. The van der Waals surface area contributed by atoms with Crippen molar-refractivity contribution < 1.29 is 19.0 Å². The van der Waals surface area contributed by atoms with Gasteiger partial charge < -0.3 is 14.2 Å². The number of nitrogens with zero attached hydrogens (tertiary/aromatic N) is 1. The Labute approximate surface area is 88.0 Å².